The van der Waals surface area contributed by atoms with Gasteiger partial charge in [-0.2, -0.15) is 5.26 Å². The average molecular weight is 571 g/mol. The lowest BCUT2D eigenvalue weighted by atomic mass is 9.85. The van der Waals surface area contributed by atoms with Gasteiger partial charge in [0.1, 0.15) is 30.6 Å². The number of hydrogen-bond donors (Lipinski definition) is 1. The van der Waals surface area contributed by atoms with E-state index in [0.717, 1.165) is 16.8 Å². The Morgan fingerprint density at radius 3 is 2.45 bits per heavy atom. The van der Waals surface area contributed by atoms with Gasteiger partial charge in [0.25, 0.3) is 0 Å². The highest BCUT2D eigenvalue weighted by Gasteiger charge is 2.48. The number of carbonyl (C=O) groups excluding carboxylic acids is 3. The van der Waals surface area contributed by atoms with Gasteiger partial charge in [-0.1, -0.05) is 36.7 Å². The molecule has 40 heavy (non-hydrogen) atoms. The molecular weight excluding hydrogens is 540 g/mol. The minimum absolute atomic E-state index is 0.0607. The van der Waals surface area contributed by atoms with Gasteiger partial charge >= 0.3 is 17.9 Å². The number of benzene rings is 2. The predicted molar refractivity (Wildman–Crippen MR) is 144 cm³/mol. The van der Waals surface area contributed by atoms with E-state index in [2.05, 4.69) is 11.4 Å². The van der Waals surface area contributed by atoms with Crippen LogP contribution in [0.1, 0.15) is 50.5 Å². The second-order valence-electron chi connectivity index (χ2n) is 9.88. The molecule has 2 aliphatic heterocycles. The normalized spacial score (nSPS) is 25.3. The molecule has 1 N–H and O–H groups in total. The minimum atomic E-state index is -0.947. The Labute approximate surface area is 237 Å². The monoisotopic (exact) mass is 570 g/mol. The Balaban J connectivity index is 1.66. The van der Waals surface area contributed by atoms with Gasteiger partial charge in [0.15, 0.2) is 6.10 Å². The topological polar surface area (TPSA) is 133 Å². The van der Waals surface area contributed by atoms with Crippen molar-refractivity contribution in [2.75, 3.05) is 18.5 Å². The summed E-state index contributed by atoms with van der Waals surface area (Å²) in [5, 5.41) is 12.9. The quantitative estimate of drug-likeness (QED) is 0.382. The molecule has 0 aliphatic carbocycles. The number of hydrogen-bond acceptors (Lipinski definition) is 10. The maximum atomic E-state index is 12.1. The van der Waals surface area contributed by atoms with Crippen molar-refractivity contribution in [2.45, 2.75) is 64.6 Å². The van der Waals surface area contributed by atoms with Gasteiger partial charge < -0.3 is 29.0 Å². The molecule has 212 valence electrons. The lowest BCUT2D eigenvalue weighted by molar-refractivity contribution is -0.232. The highest BCUT2D eigenvalue weighted by atomic mass is 35.5. The maximum Gasteiger partial charge on any atom is 0.303 e. The van der Waals surface area contributed by atoms with Crippen LogP contribution in [0, 0.1) is 17.2 Å². The van der Waals surface area contributed by atoms with Crippen LogP contribution in [0.5, 0.6) is 5.75 Å². The lowest BCUT2D eigenvalue weighted by Gasteiger charge is -2.44. The summed E-state index contributed by atoms with van der Waals surface area (Å²) in [4.78, 5) is 35.6. The number of rotatable bonds is 7. The summed E-state index contributed by atoms with van der Waals surface area (Å²) in [6, 6.07) is 13.1. The van der Waals surface area contributed by atoms with E-state index < -0.39 is 54.3 Å². The van der Waals surface area contributed by atoms with Crippen LogP contribution in [-0.4, -0.2) is 55.5 Å². The first-order chi connectivity index (χ1) is 19.0. The summed E-state index contributed by atoms with van der Waals surface area (Å²) in [6.07, 6.45) is -3.33. The van der Waals surface area contributed by atoms with E-state index in [1.165, 1.54) is 20.8 Å². The zero-order valence-corrected chi connectivity index (χ0v) is 23.4. The van der Waals surface area contributed by atoms with E-state index in [-0.39, 0.29) is 6.61 Å². The molecule has 1 saturated heterocycles. The van der Waals surface area contributed by atoms with Crippen molar-refractivity contribution in [3.05, 3.63) is 58.1 Å². The fraction of sp³-hybridized carbons (Fsp3) is 0.448. The molecule has 0 saturated carbocycles. The molecule has 1 fully saturated rings. The first kappa shape index (κ1) is 29.2. The van der Waals surface area contributed by atoms with Crippen LogP contribution < -0.4 is 10.1 Å². The largest absolute Gasteiger partial charge is 0.472 e. The molecule has 0 radical (unpaired) electrons. The van der Waals surface area contributed by atoms with Crippen LogP contribution in [-0.2, 0) is 39.8 Å². The van der Waals surface area contributed by atoms with Gasteiger partial charge in [0.2, 0.25) is 6.10 Å². The van der Waals surface area contributed by atoms with E-state index in [4.69, 9.17) is 40.5 Å². The Hall–Kier alpha value is -3.81. The van der Waals surface area contributed by atoms with Crippen LogP contribution >= 0.6 is 11.6 Å². The number of nitrogens with one attached hydrogen (secondary N) is 1. The number of esters is 3. The lowest BCUT2D eigenvalue weighted by Crippen LogP contribution is -2.54. The number of anilines is 1. The van der Waals surface area contributed by atoms with Gasteiger partial charge in [-0.3, -0.25) is 14.4 Å². The zero-order valence-electron chi connectivity index (χ0n) is 22.6. The van der Waals surface area contributed by atoms with Gasteiger partial charge in [-0.15, -0.1) is 0 Å². The zero-order chi connectivity index (χ0) is 29.0. The summed E-state index contributed by atoms with van der Waals surface area (Å²) in [5.41, 5.74) is 3.17. The van der Waals surface area contributed by atoms with E-state index in [1.807, 2.05) is 24.3 Å². The standard InChI is InChI=1S/C29H31ClN2O8/c1-15-26(14-36-16(2)33)40-28(29(38-18(4)35)27(15)37-17(3)34)20-6-7-23(30)21(11-20)9-19-5-8-25-24(10-19)32-13-22(12-31)39-25/h5-8,10-11,15,22,26-29,32H,9,13-14H2,1-4H3/t15-,22?,26-,27+,28+,29-/m1/s1. The van der Waals surface area contributed by atoms with Crippen molar-refractivity contribution in [1.82, 2.24) is 0 Å². The van der Waals surface area contributed by atoms with E-state index in [0.29, 0.717) is 29.3 Å². The first-order valence-electron chi connectivity index (χ1n) is 12.9. The molecule has 0 bridgehead atoms. The van der Waals surface area contributed by atoms with Crippen molar-refractivity contribution < 1.29 is 38.1 Å². The first-order valence-corrected chi connectivity index (χ1v) is 13.3. The van der Waals surface area contributed by atoms with Crippen LogP contribution in [0.15, 0.2) is 36.4 Å². The highest BCUT2D eigenvalue weighted by molar-refractivity contribution is 6.31. The summed E-state index contributed by atoms with van der Waals surface area (Å²) in [7, 11) is 0. The molecule has 6 atom stereocenters. The Morgan fingerprint density at radius 1 is 1.05 bits per heavy atom. The second-order valence-corrected chi connectivity index (χ2v) is 10.3. The fourth-order valence-electron chi connectivity index (χ4n) is 4.94. The van der Waals surface area contributed by atoms with Gasteiger partial charge in [-0.25, -0.2) is 0 Å². The molecule has 2 aromatic carbocycles. The van der Waals surface area contributed by atoms with Crippen LogP contribution in [0.2, 0.25) is 5.02 Å². The van der Waals surface area contributed by atoms with Crippen LogP contribution in [0.25, 0.3) is 0 Å². The Bertz CT molecular complexity index is 1330. The summed E-state index contributed by atoms with van der Waals surface area (Å²) < 4.78 is 28.5. The van der Waals surface area contributed by atoms with Crippen LogP contribution in [0.4, 0.5) is 5.69 Å². The van der Waals surface area contributed by atoms with Gasteiger partial charge in [0.05, 0.1) is 18.3 Å². The van der Waals surface area contributed by atoms with Crippen molar-refractivity contribution in [1.29, 1.82) is 5.26 Å². The minimum Gasteiger partial charge on any atom is -0.472 e. The molecule has 2 aromatic rings. The van der Waals surface area contributed by atoms with Crippen LogP contribution in [0.3, 0.4) is 0 Å². The highest BCUT2D eigenvalue weighted by Crippen LogP contribution is 2.40. The smallest absolute Gasteiger partial charge is 0.303 e. The number of nitriles is 1. The number of halogens is 1. The van der Waals surface area contributed by atoms with Crippen molar-refractivity contribution in [3.8, 4) is 11.8 Å². The number of carbonyl (C=O) groups is 3. The third-order valence-electron chi connectivity index (χ3n) is 6.83. The molecule has 0 spiro atoms. The predicted octanol–water partition coefficient (Wildman–Crippen LogP) is 4.13. The van der Waals surface area contributed by atoms with Crippen molar-refractivity contribution in [3.63, 3.8) is 0 Å². The number of ether oxygens (including phenoxy) is 5. The number of nitrogens with zero attached hydrogens (tertiary/aromatic N) is 1. The summed E-state index contributed by atoms with van der Waals surface area (Å²) in [5.74, 6) is -1.41. The fourth-order valence-corrected chi connectivity index (χ4v) is 5.13. The number of fused-ring (bicyclic) bond motifs is 1. The molecule has 11 heteroatoms. The Morgan fingerprint density at radius 2 is 1.77 bits per heavy atom. The molecule has 0 aromatic heterocycles. The summed E-state index contributed by atoms with van der Waals surface area (Å²) >= 11 is 6.59. The SMILES string of the molecule is CC(=O)OC[C@H]1O[C@@H](c2ccc(Cl)c(Cc3ccc4c(c3)NCC(C#N)O4)c2)[C@H](OC(C)=O)[C@@H](OC(C)=O)[C@@H]1C. The molecule has 0 amide bonds. The molecule has 4 rings (SSSR count). The molecular formula is C29H31ClN2O8. The van der Waals surface area contributed by atoms with E-state index >= 15 is 0 Å². The van der Waals surface area contributed by atoms with Gasteiger partial charge in [-0.05, 0) is 41.3 Å². The van der Waals surface area contributed by atoms with Crippen molar-refractivity contribution >= 4 is 35.2 Å². The van der Waals surface area contributed by atoms with E-state index in [9.17, 15) is 14.4 Å². The van der Waals surface area contributed by atoms with Gasteiger partial charge in [0, 0.05) is 31.7 Å². The molecule has 2 heterocycles. The Kier molecular flexibility index (Phi) is 9.17. The molecule has 2 aliphatic rings. The van der Waals surface area contributed by atoms with Crippen molar-refractivity contribution in [2.24, 2.45) is 5.92 Å². The average Bonchev–Trinajstić information content (AvgIpc) is 2.90. The van der Waals surface area contributed by atoms with E-state index in [1.54, 1.807) is 19.1 Å². The third kappa shape index (κ3) is 6.84. The molecule has 10 nitrogen and oxygen atoms in total. The third-order valence-corrected chi connectivity index (χ3v) is 7.20. The second kappa shape index (κ2) is 12.6. The maximum absolute atomic E-state index is 12.1. The summed E-state index contributed by atoms with van der Waals surface area (Å²) in [6.45, 7) is 5.96. The molecule has 1 unspecified atom stereocenters.